The van der Waals surface area contributed by atoms with Gasteiger partial charge in [-0.15, -0.1) is 0 Å². The molecule has 25 heavy (non-hydrogen) atoms. The van der Waals surface area contributed by atoms with Crippen LogP contribution in [0.1, 0.15) is 37.3 Å². The van der Waals surface area contributed by atoms with Crippen molar-refractivity contribution >= 4 is 11.4 Å². The van der Waals surface area contributed by atoms with Crippen molar-refractivity contribution in [1.82, 2.24) is 5.32 Å². The van der Waals surface area contributed by atoms with Gasteiger partial charge >= 0.3 is 0 Å². The van der Waals surface area contributed by atoms with E-state index < -0.39 is 4.92 Å². The minimum absolute atomic E-state index is 0.0956. The molecule has 1 aliphatic heterocycles. The van der Waals surface area contributed by atoms with Gasteiger partial charge in [-0.2, -0.15) is 0 Å². The number of nitrogens with one attached hydrogen (secondary N) is 1. The van der Waals surface area contributed by atoms with Crippen molar-refractivity contribution in [3.8, 4) is 0 Å². The lowest BCUT2D eigenvalue weighted by Crippen LogP contribution is -2.21. The maximum atomic E-state index is 10.7. The summed E-state index contributed by atoms with van der Waals surface area (Å²) in [6.45, 7) is 6.94. The third-order valence-corrected chi connectivity index (χ3v) is 4.59. The first-order valence-corrected chi connectivity index (χ1v) is 8.60. The van der Waals surface area contributed by atoms with Crippen LogP contribution < -0.4 is 10.2 Å². The Morgan fingerprint density at radius 3 is 2.24 bits per heavy atom. The van der Waals surface area contributed by atoms with E-state index >= 15 is 0 Å². The van der Waals surface area contributed by atoms with Gasteiger partial charge in [-0.1, -0.05) is 12.1 Å². The second kappa shape index (κ2) is 7.63. The minimum Gasteiger partial charge on any atom is -0.372 e. The van der Waals surface area contributed by atoms with Crippen LogP contribution in [0.3, 0.4) is 0 Å². The van der Waals surface area contributed by atoms with E-state index in [-0.39, 0.29) is 18.0 Å². The van der Waals surface area contributed by atoms with Crippen LogP contribution in [-0.4, -0.2) is 24.6 Å². The highest BCUT2D eigenvalue weighted by atomic mass is 16.6. The Bertz CT molecular complexity index is 712. The monoisotopic (exact) mass is 341 g/mol. The Hall–Kier alpha value is -2.44. The molecule has 6 heteroatoms. The topological polar surface area (TPSA) is 67.6 Å². The molecule has 3 rings (SSSR count). The van der Waals surface area contributed by atoms with Gasteiger partial charge in [0.15, 0.2) is 0 Å². The summed E-state index contributed by atoms with van der Waals surface area (Å²) in [6.07, 6.45) is -0.265. The fourth-order valence-corrected chi connectivity index (χ4v) is 3.13. The highest BCUT2D eigenvalue weighted by molar-refractivity contribution is 5.47. The van der Waals surface area contributed by atoms with Crippen LogP contribution in [0, 0.1) is 10.1 Å². The van der Waals surface area contributed by atoms with E-state index in [2.05, 4.69) is 48.3 Å². The minimum atomic E-state index is -0.391. The number of benzene rings is 2. The molecule has 132 valence electrons. The van der Waals surface area contributed by atoms with Crippen LogP contribution in [0.15, 0.2) is 48.5 Å². The number of non-ortho nitro benzene ring substituents is 1. The van der Waals surface area contributed by atoms with E-state index in [4.69, 9.17) is 4.74 Å². The van der Waals surface area contributed by atoms with Crippen molar-refractivity contribution < 1.29 is 9.66 Å². The number of nitro benzene ring substituents is 1. The molecule has 0 saturated carbocycles. The van der Waals surface area contributed by atoms with Gasteiger partial charge in [-0.25, -0.2) is 0 Å². The second-order valence-corrected chi connectivity index (χ2v) is 6.03. The van der Waals surface area contributed by atoms with E-state index in [1.807, 2.05) is 0 Å². The zero-order chi connectivity index (χ0) is 17.8. The van der Waals surface area contributed by atoms with Crippen molar-refractivity contribution in [3.63, 3.8) is 0 Å². The number of ether oxygens (including phenoxy) is 1. The first-order valence-electron chi connectivity index (χ1n) is 8.60. The molecule has 0 spiro atoms. The molecule has 6 nitrogen and oxygen atoms in total. The van der Waals surface area contributed by atoms with Gasteiger partial charge in [0.25, 0.3) is 5.69 Å². The molecule has 0 aromatic heterocycles. The summed E-state index contributed by atoms with van der Waals surface area (Å²) >= 11 is 0. The van der Waals surface area contributed by atoms with Crippen molar-refractivity contribution in [3.05, 3.63) is 69.8 Å². The fourth-order valence-electron chi connectivity index (χ4n) is 3.13. The predicted octanol–water partition coefficient (Wildman–Crippen LogP) is 3.80. The molecule has 2 aromatic carbocycles. The molecular formula is C19H23N3O3. The fraction of sp³-hybridized carbons (Fsp3) is 0.368. The quantitative estimate of drug-likeness (QED) is 0.639. The van der Waals surface area contributed by atoms with Gasteiger partial charge in [0.05, 0.1) is 11.0 Å². The van der Waals surface area contributed by atoms with Crippen LogP contribution >= 0.6 is 0 Å². The summed E-state index contributed by atoms with van der Waals surface area (Å²) in [5.41, 5.74) is 3.33. The van der Waals surface area contributed by atoms with Gasteiger partial charge in [0.2, 0.25) is 0 Å². The van der Waals surface area contributed by atoms with Crippen molar-refractivity contribution in [1.29, 1.82) is 0 Å². The third-order valence-electron chi connectivity index (χ3n) is 4.59. The number of nitrogens with zero attached hydrogens (tertiary/aromatic N) is 2. The normalized spacial score (nSPS) is 19.8. The third kappa shape index (κ3) is 3.81. The van der Waals surface area contributed by atoms with Crippen LogP contribution in [0.4, 0.5) is 11.4 Å². The van der Waals surface area contributed by atoms with E-state index in [9.17, 15) is 10.1 Å². The summed E-state index contributed by atoms with van der Waals surface area (Å²) in [5, 5.41) is 14.1. The van der Waals surface area contributed by atoms with Crippen LogP contribution in [0.2, 0.25) is 0 Å². The summed E-state index contributed by atoms with van der Waals surface area (Å²) in [5.74, 6) is 0. The van der Waals surface area contributed by atoms with Gasteiger partial charge in [-0.05, 0) is 49.2 Å². The molecule has 0 amide bonds. The smallest absolute Gasteiger partial charge is 0.269 e. The number of hydrogen-bond acceptors (Lipinski definition) is 5. The molecule has 1 aliphatic rings. The molecule has 0 bridgehead atoms. The molecule has 1 heterocycles. The molecule has 2 aromatic rings. The molecule has 0 unspecified atom stereocenters. The number of nitro groups is 1. The average Bonchev–Trinajstić information content (AvgIpc) is 3.13. The lowest BCUT2D eigenvalue weighted by atomic mass is 10.1. The van der Waals surface area contributed by atoms with E-state index in [1.165, 1.54) is 17.8 Å². The summed E-state index contributed by atoms with van der Waals surface area (Å²) in [6, 6.07) is 15.0. The van der Waals surface area contributed by atoms with Crippen molar-refractivity contribution in [2.45, 2.75) is 26.2 Å². The van der Waals surface area contributed by atoms with Crippen LogP contribution in [0.25, 0.3) is 0 Å². The molecule has 1 fully saturated rings. The van der Waals surface area contributed by atoms with Gasteiger partial charge in [0, 0.05) is 37.5 Å². The Labute approximate surface area is 147 Å². The number of hydrogen-bond donors (Lipinski definition) is 1. The number of rotatable bonds is 6. The van der Waals surface area contributed by atoms with Crippen molar-refractivity contribution in [2.24, 2.45) is 0 Å². The zero-order valence-corrected chi connectivity index (χ0v) is 14.5. The highest BCUT2D eigenvalue weighted by Crippen LogP contribution is 2.32. The van der Waals surface area contributed by atoms with Crippen LogP contribution in [0.5, 0.6) is 0 Å². The molecule has 1 saturated heterocycles. The summed E-state index contributed by atoms with van der Waals surface area (Å²) in [4.78, 5) is 12.7. The lowest BCUT2D eigenvalue weighted by molar-refractivity contribution is -0.384. The van der Waals surface area contributed by atoms with Gasteiger partial charge in [-0.3, -0.25) is 15.4 Å². The zero-order valence-electron chi connectivity index (χ0n) is 14.5. The second-order valence-electron chi connectivity index (χ2n) is 6.03. The molecular weight excluding hydrogens is 318 g/mol. The Kier molecular flexibility index (Phi) is 5.31. The SMILES string of the molecule is CCN(CC)c1ccc([C@H]2NC[C@@H](c3ccc([N+](=O)[O-])cc3)O2)cc1. The van der Waals surface area contributed by atoms with E-state index in [0.717, 1.165) is 24.2 Å². The van der Waals surface area contributed by atoms with Gasteiger partial charge in [0.1, 0.15) is 6.23 Å². The highest BCUT2D eigenvalue weighted by Gasteiger charge is 2.27. The summed E-state index contributed by atoms with van der Waals surface area (Å²) in [7, 11) is 0. The molecule has 2 atom stereocenters. The Morgan fingerprint density at radius 1 is 1.08 bits per heavy atom. The predicted molar refractivity (Wildman–Crippen MR) is 97.7 cm³/mol. The first-order chi connectivity index (χ1) is 12.1. The Morgan fingerprint density at radius 2 is 1.68 bits per heavy atom. The van der Waals surface area contributed by atoms with E-state index in [1.54, 1.807) is 12.1 Å². The van der Waals surface area contributed by atoms with E-state index in [0.29, 0.717) is 6.54 Å². The number of anilines is 1. The lowest BCUT2D eigenvalue weighted by Gasteiger charge is -2.21. The molecule has 0 radical (unpaired) electrons. The van der Waals surface area contributed by atoms with Crippen LogP contribution in [-0.2, 0) is 4.74 Å². The average molecular weight is 341 g/mol. The maximum Gasteiger partial charge on any atom is 0.269 e. The molecule has 1 N–H and O–H groups in total. The standard InChI is InChI=1S/C19H23N3O3/c1-3-21(4-2)16-9-7-15(8-10-16)19-20-13-18(25-19)14-5-11-17(12-6-14)22(23)24/h5-12,18-20H,3-4,13H2,1-2H3/t18-,19-/m0/s1. The van der Waals surface area contributed by atoms with Gasteiger partial charge < -0.3 is 9.64 Å². The Balaban J connectivity index is 1.67. The summed E-state index contributed by atoms with van der Waals surface area (Å²) < 4.78 is 6.09. The largest absolute Gasteiger partial charge is 0.372 e. The maximum absolute atomic E-state index is 10.7. The first kappa shape index (κ1) is 17.4. The van der Waals surface area contributed by atoms with Crippen molar-refractivity contribution in [2.75, 3.05) is 24.5 Å². The molecule has 0 aliphatic carbocycles.